The molecule has 0 saturated carbocycles. The van der Waals surface area contributed by atoms with Gasteiger partial charge in [0.05, 0.1) is 6.04 Å². The van der Waals surface area contributed by atoms with E-state index in [1.807, 2.05) is 20.2 Å². The van der Waals surface area contributed by atoms with Gasteiger partial charge in [-0.3, -0.25) is 9.69 Å². The molecule has 5 heteroatoms. The van der Waals surface area contributed by atoms with Crippen molar-refractivity contribution in [2.24, 2.45) is 0 Å². The predicted octanol–water partition coefficient (Wildman–Crippen LogP) is 3.84. The zero-order valence-electron chi connectivity index (χ0n) is 14.2. The summed E-state index contributed by atoms with van der Waals surface area (Å²) in [7, 11) is 4.05. The van der Waals surface area contributed by atoms with Crippen molar-refractivity contribution < 1.29 is 9.90 Å². The van der Waals surface area contributed by atoms with Crippen LogP contribution in [0.4, 0.5) is 5.69 Å². The summed E-state index contributed by atoms with van der Waals surface area (Å²) in [5.74, 6) is -0.707. The first-order chi connectivity index (χ1) is 11.6. The lowest BCUT2D eigenvalue weighted by molar-refractivity contribution is -0.145. The van der Waals surface area contributed by atoms with E-state index in [-0.39, 0.29) is 6.04 Å². The molecule has 2 atom stereocenters. The van der Waals surface area contributed by atoms with Gasteiger partial charge in [0.1, 0.15) is 6.04 Å². The molecule has 2 unspecified atom stereocenters. The molecule has 1 saturated heterocycles. The largest absolute Gasteiger partial charge is 0.480 e. The topological polar surface area (TPSA) is 43.8 Å². The van der Waals surface area contributed by atoms with Crippen molar-refractivity contribution in [1.29, 1.82) is 0 Å². The number of likely N-dealkylation sites (tertiary alicyclic amines) is 1. The molecule has 1 fully saturated rings. The van der Waals surface area contributed by atoms with Gasteiger partial charge in [-0.2, -0.15) is 0 Å². The number of carboxylic acid groups (broad SMARTS) is 1. The van der Waals surface area contributed by atoms with Gasteiger partial charge < -0.3 is 10.0 Å². The molecule has 2 heterocycles. The third-order valence-corrected chi connectivity index (χ3v) is 5.62. The molecule has 0 amide bonds. The van der Waals surface area contributed by atoms with Crippen LogP contribution in [0.2, 0.25) is 0 Å². The zero-order chi connectivity index (χ0) is 17.1. The van der Waals surface area contributed by atoms with Gasteiger partial charge in [0.15, 0.2) is 0 Å². The van der Waals surface area contributed by atoms with E-state index in [0.29, 0.717) is 0 Å². The Morgan fingerprint density at radius 3 is 2.58 bits per heavy atom. The van der Waals surface area contributed by atoms with Crippen LogP contribution in [0, 0.1) is 0 Å². The van der Waals surface area contributed by atoms with Gasteiger partial charge >= 0.3 is 5.97 Å². The van der Waals surface area contributed by atoms with Crippen LogP contribution in [-0.2, 0) is 4.79 Å². The van der Waals surface area contributed by atoms with Crippen molar-refractivity contribution in [2.45, 2.75) is 31.3 Å². The molecule has 4 nitrogen and oxygen atoms in total. The maximum atomic E-state index is 11.8. The monoisotopic (exact) mass is 344 g/mol. The summed E-state index contributed by atoms with van der Waals surface area (Å²) in [6, 6.07) is 12.2. The van der Waals surface area contributed by atoms with E-state index in [4.69, 9.17) is 0 Å². The highest BCUT2D eigenvalue weighted by atomic mass is 32.1. The minimum Gasteiger partial charge on any atom is -0.480 e. The fourth-order valence-corrected chi connectivity index (χ4v) is 4.32. The summed E-state index contributed by atoms with van der Waals surface area (Å²) >= 11 is 1.70. The maximum Gasteiger partial charge on any atom is 0.320 e. The molecule has 1 N–H and O–H groups in total. The SMILES string of the molecule is CN(C)c1ccc(C(c2cccs2)N2CCCCC2C(=O)O)cc1. The van der Waals surface area contributed by atoms with Crippen LogP contribution in [0.5, 0.6) is 0 Å². The van der Waals surface area contributed by atoms with E-state index >= 15 is 0 Å². The zero-order valence-corrected chi connectivity index (χ0v) is 15.0. The molecule has 0 spiro atoms. The Morgan fingerprint density at radius 1 is 1.25 bits per heavy atom. The second kappa shape index (κ2) is 7.36. The number of carbonyl (C=O) groups is 1. The van der Waals surface area contributed by atoms with Crippen LogP contribution in [0.25, 0.3) is 0 Å². The molecule has 1 aromatic carbocycles. The fraction of sp³-hybridized carbons (Fsp3) is 0.421. The van der Waals surface area contributed by atoms with E-state index < -0.39 is 12.0 Å². The van der Waals surface area contributed by atoms with Crippen LogP contribution in [0.1, 0.15) is 35.7 Å². The Labute approximate surface area is 147 Å². The highest BCUT2D eigenvalue weighted by Gasteiger charge is 2.35. The van der Waals surface area contributed by atoms with Gasteiger partial charge in [0.25, 0.3) is 0 Å². The first-order valence-electron chi connectivity index (χ1n) is 8.37. The molecule has 24 heavy (non-hydrogen) atoms. The lowest BCUT2D eigenvalue weighted by Gasteiger charge is -2.39. The quantitative estimate of drug-likeness (QED) is 0.895. The van der Waals surface area contributed by atoms with Crippen molar-refractivity contribution >= 4 is 23.0 Å². The van der Waals surface area contributed by atoms with Gasteiger partial charge in [-0.15, -0.1) is 11.3 Å². The number of benzene rings is 1. The molecule has 1 aliphatic rings. The lowest BCUT2D eigenvalue weighted by Crippen LogP contribution is -2.46. The van der Waals surface area contributed by atoms with E-state index in [9.17, 15) is 9.90 Å². The summed E-state index contributed by atoms with van der Waals surface area (Å²) < 4.78 is 0. The normalized spacial score (nSPS) is 19.8. The molecule has 0 aliphatic carbocycles. The number of nitrogens with zero attached hydrogens (tertiary/aromatic N) is 2. The summed E-state index contributed by atoms with van der Waals surface area (Å²) in [4.78, 5) is 17.2. The number of carboxylic acids is 1. The minimum absolute atomic E-state index is 0.0163. The van der Waals surface area contributed by atoms with Crippen molar-refractivity contribution in [2.75, 3.05) is 25.5 Å². The smallest absolute Gasteiger partial charge is 0.320 e. The second-order valence-corrected chi connectivity index (χ2v) is 7.47. The Kier molecular flexibility index (Phi) is 5.21. The minimum atomic E-state index is -0.707. The molecule has 0 radical (unpaired) electrons. The van der Waals surface area contributed by atoms with E-state index in [0.717, 1.165) is 37.1 Å². The summed E-state index contributed by atoms with van der Waals surface area (Å²) in [6.07, 6.45) is 2.78. The molecule has 3 rings (SSSR count). The summed E-state index contributed by atoms with van der Waals surface area (Å²) in [6.45, 7) is 0.828. The van der Waals surface area contributed by atoms with Gasteiger partial charge in [-0.05, 0) is 48.5 Å². The molecular weight excluding hydrogens is 320 g/mol. The van der Waals surface area contributed by atoms with Gasteiger partial charge in [0, 0.05) is 24.7 Å². The first kappa shape index (κ1) is 17.0. The summed E-state index contributed by atoms with van der Waals surface area (Å²) in [5, 5.41) is 11.7. The predicted molar refractivity (Wildman–Crippen MR) is 98.9 cm³/mol. The highest BCUT2D eigenvalue weighted by molar-refractivity contribution is 7.10. The second-order valence-electron chi connectivity index (χ2n) is 6.49. The van der Waals surface area contributed by atoms with Crippen molar-refractivity contribution in [3.05, 3.63) is 52.2 Å². The molecule has 128 valence electrons. The number of hydrogen-bond acceptors (Lipinski definition) is 4. The number of rotatable bonds is 5. The molecule has 1 aromatic heterocycles. The third kappa shape index (κ3) is 3.47. The summed E-state index contributed by atoms with van der Waals surface area (Å²) in [5.41, 5.74) is 2.31. The highest BCUT2D eigenvalue weighted by Crippen LogP contribution is 2.36. The lowest BCUT2D eigenvalue weighted by atomic mass is 9.95. The molecule has 0 bridgehead atoms. The van der Waals surface area contributed by atoms with Gasteiger partial charge in [-0.1, -0.05) is 24.6 Å². The standard InChI is InChI=1S/C19H24N2O2S/c1-20(2)15-10-8-14(9-11-15)18(17-7-5-13-24-17)21-12-4-3-6-16(21)19(22)23/h5,7-11,13,16,18H,3-4,6,12H2,1-2H3,(H,22,23). The average Bonchev–Trinajstić information content (AvgIpc) is 3.10. The first-order valence-corrected chi connectivity index (χ1v) is 9.25. The molecule has 2 aromatic rings. The van der Waals surface area contributed by atoms with Crippen molar-refractivity contribution in [1.82, 2.24) is 4.90 Å². The molecule has 1 aliphatic heterocycles. The Hall–Kier alpha value is -1.85. The van der Waals surface area contributed by atoms with Crippen LogP contribution in [-0.4, -0.2) is 42.7 Å². The van der Waals surface area contributed by atoms with Crippen LogP contribution < -0.4 is 4.90 Å². The van der Waals surface area contributed by atoms with Crippen molar-refractivity contribution in [3.8, 4) is 0 Å². The van der Waals surface area contributed by atoms with E-state index in [2.05, 4.69) is 45.5 Å². The number of piperidine rings is 1. The van der Waals surface area contributed by atoms with Crippen LogP contribution in [0.3, 0.4) is 0 Å². The van der Waals surface area contributed by atoms with E-state index in [1.54, 1.807) is 11.3 Å². The Balaban J connectivity index is 1.99. The molecular formula is C19H24N2O2S. The van der Waals surface area contributed by atoms with E-state index in [1.165, 1.54) is 4.88 Å². The van der Waals surface area contributed by atoms with Crippen LogP contribution in [0.15, 0.2) is 41.8 Å². The number of thiophene rings is 1. The fourth-order valence-electron chi connectivity index (χ4n) is 3.45. The Morgan fingerprint density at radius 2 is 2.00 bits per heavy atom. The van der Waals surface area contributed by atoms with Crippen LogP contribution >= 0.6 is 11.3 Å². The number of anilines is 1. The van der Waals surface area contributed by atoms with Crippen molar-refractivity contribution in [3.63, 3.8) is 0 Å². The van der Waals surface area contributed by atoms with Gasteiger partial charge in [-0.25, -0.2) is 0 Å². The van der Waals surface area contributed by atoms with Gasteiger partial charge in [0.2, 0.25) is 0 Å². The third-order valence-electron chi connectivity index (χ3n) is 4.70. The Bertz CT molecular complexity index is 667. The maximum absolute atomic E-state index is 11.8. The number of aliphatic carboxylic acids is 1. The average molecular weight is 344 g/mol. The number of hydrogen-bond donors (Lipinski definition) is 1.